The van der Waals surface area contributed by atoms with Crippen LogP contribution in [0.2, 0.25) is 0 Å². The fourth-order valence-electron chi connectivity index (χ4n) is 5.55. The van der Waals surface area contributed by atoms with Crippen molar-refractivity contribution in [3.8, 4) is 0 Å². The molecule has 6 nitrogen and oxygen atoms in total. The maximum Gasteiger partial charge on any atom is 0.205 e. The Morgan fingerprint density at radius 1 is 0.608 bits per heavy atom. The van der Waals surface area contributed by atoms with E-state index < -0.39 is 0 Å². The first-order chi connectivity index (χ1) is 24.6. The molecule has 4 aromatic rings. The summed E-state index contributed by atoms with van der Waals surface area (Å²) in [5.41, 5.74) is 7.34. The highest BCUT2D eigenvalue weighted by atomic mass is 33.1. The van der Waals surface area contributed by atoms with Crippen LogP contribution < -0.4 is 18.9 Å². The van der Waals surface area contributed by atoms with Gasteiger partial charge in [0.2, 0.25) is 11.4 Å². The Kier molecular flexibility index (Phi) is 16.2. The first-order valence-corrected chi connectivity index (χ1v) is 20.4. The summed E-state index contributed by atoms with van der Waals surface area (Å²) in [5, 5.41) is 0. The highest BCUT2D eigenvalue weighted by Crippen LogP contribution is 2.21. The molecule has 0 spiro atoms. The molecular formula is C43H59N6S2+3. The topological polar surface area (TPSA) is 17.5 Å². The molecular weight excluding hydrogens is 665 g/mol. The summed E-state index contributed by atoms with van der Waals surface area (Å²) in [7, 11) is 19.1. The molecule has 270 valence electrons. The molecule has 0 saturated heterocycles. The zero-order chi connectivity index (χ0) is 36.5. The van der Waals surface area contributed by atoms with E-state index in [1.807, 2.05) is 35.7 Å². The molecule has 0 saturated carbocycles. The van der Waals surface area contributed by atoms with E-state index in [2.05, 4.69) is 193 Å². The fraction of sp³-hybridized carbons (Fsp3) is 0.349. The molecule has 4 rings (SSSR count). The molecule has 8 heteroatoms. The molecule has 51 heavy (non-hydrogen) atoms. The minimum Gasteiger partial charge on any atom is -0.384 e. The van der Waals surface area contributed by atoms with Crippen molar-refractivity contribution in [1.82, 2.24) is 4.90 Å². The molecule has 0 N–H and O–H groups in total. The lowest BCUT2D eigenvalue weighted by atomic mass is 10.1. The minimum absolute atomic E-state index is 0.878. The second-order valence-electron chi connectivity index (χ2n) is 14.1. The average Bonchev–Trinajstić information content (AvgIpc) is 3.11. The highest BCUT2D eigenvalue weighted by molar-refractivity contribution is 8.76. The van der Waals surface area contributed by atoms with Gasteiger partial charge in [-0.2, -0.15) is 9.13 Å². The van der Waals surface area contributed by atoms with Gasteiger partial charge in [0, 0.05) is 95.5 Å². The van der Waals surface area contributed by atoms with E-state index in [1.54, 1.807) is 0 Å². The first kappa shape index (κ1) is 39.8. The van der Waals surface area contributed by atoms with E-state index in [4.69, 9.17) is 0 Å². The Morgan fingerprint density at radius 3 is 1.57 bits per heavy atom. The van der Waals surface area contributed by atoms with Crippen molar-refractivity contribution in [2.45, 2.75) is 19.5 Å². The lowest BCUT2D eigenvalue weighted by Crippen LogP contribution is -2.38. The van der Waals surface area contributed by atoms with Gasteiger partial charge in [-0.25, -0.2) is 0 Å². The second-order valence-corrected chi connectivity index (χ2v) is 16.9. The lowest BCUT2D eigenvalue weighted by Gasteiger charge is -2.26. The number of anilines is 2. The van der Waals surface area contributed by atoms with E-state index in [0.29, 0.717) is 0 Å². The summed E-state index contributed by atoms with van der Waals surface area (Å²) in [5.74, 6) is 2.11. The van der Waals surface area contributed by atoms with Crippen molar-refractivity contribution in [3.05, 3.63) is 132 Å². The zero-order valence-corrected chi connectivity index (χ0v) is 33.5. The number of aryl methyl sites for hydroxylation is 2. The van der Waals surface area contributed by atoms with Crippen LogP contribution in [-0.4, -0.2) is 89.9 Å². The summed E-state index contributed by atoms with van der Waals surface area (Å²) in [6, 6.07) is 30.5. The normalized spacial score (nSPS) is 12.0. The summed E-state index contributed by atoms with van der Waals surface area (Å²) < 4.78 is 5.70. The minimum atomic E-state index is 0.878. The number of rotatable bonds is 20. The standard InChI is InChI=1S/C43H59N6S2/c1-44(2)28-12-29-45(3)40-22-16-38(17-23-40)20-26-42-14-8-10-31-47(42)33-36-50-51-37-34-48-32-11-9-15-43(48)27-21-39-18-24-41(25-19-39)46(4)30-13-35-49(5,6)7/h8-12,14-28,31-32H,13,29-30,33-37H2,1-7H3/q+3/b28-12+. The highest BCUT2D eigenvalue weighted by Gasteiger charge is 2.10. The van der Waals surface area contributed by atoms with Gasteiger partial charge in [0.05, 0.1) is 39.2 Å². The van der Waals surface area contributed by atoms with Gasteiger partial charge in [-0.3, -0.25) is 0 Å². The van der Waals surface area contributed by atoms with Crippen LogP contribution in [0.15, 0.2) is 110 Å². The fourth-order valence-corrected chi connectivity index (χ4v) is 7.49. The SMILES string of the molecule is CN(C)/C=C/CN(C)c1ccc(/C=C/c2cccc[n+]2CCSSCC[n+]2ccccc2/C=C/c2ccc(N(C)CCC[N+](C)(C)C)cc2)cc1. The maximum atomic E-state index is 2.35. The van der Waals surface area contributed by atoms with Gasteiger partial charge in [-0.05, 0) is 72.0 Å². The number of likely N-dealkylation sites (N-methyl/N-ethyl adjacent to an activating group) is 1. The predicted molar refractivity (Wildman–Crippen MR) is 226 cm³/mol. The quantitative estimate of drug-likeness (QED) is 0.0401. The molecule has 0 unspecified atom stereocenters. The van der Waals surface area contributed by atoms with Crippen molar-refractivity contribution in [1.29, 1.82) is 0 Å². The van der Waals surface area contributed by atoms with Gasteiger partial charge in [0.1, 0.15) is 0 Å². The van der Waals surface area contributed by atoms with Crippen molar-refractivity contribution < 1.29 is 13.6 Å². The monoisotopic (exact) mass is 723 g/mol. The molecule has 2 aromatic carbocycles. The average molecular weight is 724 g/mol. The number of nitrogens with zero attached hydrogens (tertiary/aromatic N) is 6. The molecule has 0 aliphatic carbocycles. The zero-order valence-electron chi connectivity index (χ0n) is 31.9. The summed E-state index contributed by atoms with van der Waals surface area (Å²) in [6.45, 7) is 5.07. The molecule has 0 amide bonds. The number of hydrogen-bond acceptors (Lipinski definition) is 5. The van der Waals surface area contributed by atoms with Gasteiger partial charge in [-0.1, -0.05) is 45.9 Å². The van der Waals surface area contributed by atoms with Crippen LogP contribution in [-0.2, 0) is 13.1 Å². The van der Waals surface area contributed by atoms with Crippen LogP contribution in [0.25, 0.3) is 24.3 Å². The molecule has 2 heterocycles. The predicted octanol–water partition coefficient (Wildman–Crippen LogP) is 7.73. The molecule has 0 aliphatic rings. The maximum absolute atomic E-state index is 2.35. The van der Waals surface area contributed by atoms with Crippen LogP contribution in [0.3, 0.4) is 0 Å². The summed E-state index contributed by atoms with van der Waals surface area (Å²) >= 11 is 0. The van der Waals surface area contributed by atoms with Crippen LogP contribution in [0.5, 0.6) is 0 Å². The molecule has 0 atom stereocenters. The molecule has 0 radical (unpaired) electrons. The van der Waals surface area contributed by atoms with Crippen LogP contribution in [0.1, 0.15) is 28.9 Å². The molecule has 0 fully saturated rings. The number of pyridine rings is 2. The van der Waals surface area contributed by atoms with Crippen LogP contribution in [0, 0.1) is 0 Å². The van der Waals surface area contributed by atoms with E-state index in [-0.39, 0.29) is 0 Å². The third-order valence-corrected chi connectivity index (χ3v) is 10.9. The van der Waals surface area contributed by atoms with Gasteiger partial charge in [0.15, 0.2) is 25.5 Å². The van der Waals surface area contributed by atoms with Crippen molar-refractivity contribution in [3.63, 3.8) is 0 Å². The van der Waals surface area contributed by atoms with Crippen molar-refractivity contribution in [2.24, 2.45) is 0 Å². The Balaban J connectivity index is 1.21. The van der Waals surface area contributed by atoms with Crippen LogP contribution in [0.4, 0.5) is 11.4 Å². The molecule has 0 bridgehead atoms. The van der Waals surface area contributed by atoms with E-state index in [1.165, 1.54) is 46.9 Å². The van der Waals surface area contributed by atoms with E-state index >= 15 is 0 Å². The summed E-state index contributed by atoms with van der Waals surface area (Å²) in [6.07, 6.45) is 18.7. The lowest BCUT2D eigenvalue weighted by molar-refractivity contribution is -0.870. The van der Waals surface area contributed by atoms with Gasteiger partial charge >= 0.3 is 0 Å². The number of aromatic nitrogens is 2. The smallest absolute Gasteiger partial charge is 0.205 e. The molecule has 0 aliphatic heterocycles. The third-order valence-electron chi connectivity index (χ3n) is 8.53. The molecule has 2 aromatic heterocycles. The largest absolute Gasteiger partial charge is 0.384 e. The number of hydrogen-bond donors (Lipinski definition) is 0. The van der Waals surface area contributed by atoms with Crippen molar-refractivity contribution in [2.75, 3.05) is 90.3 Å². The number of benzene rings is 2. The summed E-state index contributed by atoms with van der Waals surface area (Å²) in [4.78, 5) is 6.66. The Bertz CT molecular complexity index is 1690. The van der Waals surface area contributed by atoms with Gasteiger partial charge in [0.25, 0.3) is 0 Å². The van der Waals surface area contributed by atoms with E-state index in [0.717, 1.165) is 42.2 Å². The van der Waals surface area contributed by atoms with Gasteiger partial charge in [-0.15, -0.1) is 0 Å². The van der Waals surface area contributed by atoms with E-state index in [9.17, 15) is 0 Å². The van der Waals surface area contributed by atoms with Crippen molar-refractivity contribution >= 4 is 57.3 Å². The Morgan fingerprint density at radius 2 is 1.10 bits per heavy atom. The number of quaternary nitrogens is 1. The Labute approximate surface area is 316 Å². The van der Waals surface area contributed by atoms with Gasteiger partial charge < -0.3 is 19.2 Å². The third kappa shape index (κ3) is 14.6. The second kappa shape index (κ2) is 20.8. The first-order valence-electron chi connectivity index (χ1n) is 17.9. The van der Waals surface area contributed by atoms with Crippen LogP contribution >= 0.6 is 21.6 Å². The Hall–Kier alpha value is -3.98.